The summed E-state index contributed by atoms with van der Waals surface area (Å²) in [6, 6.07) is 7.90. The fraction of sp³-hybridized carbons (Fsp3) is 0.143. The highest BCUT2D eigenvalue weighted by Gasteiger charge is 2.29. The van der Waals surface area contributed by atoms with Crippen LogP contribution < -0.4 is 0 Å². The van der Waals surface area contributed by atoms with E-state index in [1.165, 1.54) is 30.0 Å². The Kier molecular flexibility index (Phi) is 4.05. The largest absolute Gasteiger partial charge is 0.446 e. The molecule has 0 aliphatic carbocycles. The minimum Gasteiger partial charge on any atom is -0.435 e. The molecule has 0 atom stereocenters. The van der Waals surface area contributed by atoms with Gasteiger partial charge in [-0.1, -0.05) is 0 Å². The number of hydrogen-bond donors (Lipinski definition) is 0. The Labute approximate surface area is 132 Å². The van der Waals surface area contributed by atoms with E-state index in [4.69, 9.17) is 4.42 Å². The first-order valence-corrected chi connectivity index (χ1v) is 8.16. The van der Waals surface area contributed by atoms with Crippen molar-refractivity contribution in [3.63, 3.8) is 0 Å². The second-order valence-corrected chi connectivity index (χ2v) is 6.24. The number of aromatic nitrogens is 2. The minimum atomic E-state index is -4.33. The second kappa shape index (κ2) is 5.85. The number of nitrogens with zero attached hydrogens (tertiary/aromatic N) is 2. The molecule has 0 N–H and O–H groups in total. The molecule has 0 amide bonds. The summed E-state index contributed by atoms with van der Waals surface area (Å²) in [5.74, 6) is 0.300. The van der Waals surface area contributed by atoms with Gasteiger partial charge in [0.2, 0.25) is 5.89 Å². The zero-order valence-corrected chi connectivity index (χ0v) is 12.9. The summed E-state index contributed by atoms with van der Waals surface area (Å²) in [4.78, 5) is 9.46. The van der Waals surface area contributed by atoms with Gasteiger partial charge in [-0.25, -0.2) is 9.97 Å². The van der Waals surface area contributed by atoms with E-state index in [2.05, 4.69) is 9.97 Å². The van der Waals surface area contributed by atoms with Gasteiger partial charge in [-0.3, -0.25) is 0 Å². The predicted molar refractivity (Wildman–Crippen MR) is 80.9 cm³/mol. The van der Waals surface area contributed by atoms with Gasteiger partial charge < -0.3 is 4.42 Å². The number of benzene rings is 1. The lowest BCUT2D eigenvalue weighted by atomic mass is 10.3. The summed E-state index contributed by atoms with van der Waals surface area (Å²) >= 11 is 1.32. The average molecular weight is 342 g/mol. The van der Waals surface area contributed by atoms with Crippen molar-refractivity contribution in [2.75, 3.05) is 6.26 Å². The van der Waals surface area contributed by atoms with Crippen LogP contribution in [0.5, 0.6) is 0 Å². The van der Waals surface area contributed by atoms with Crippen LogP contribution in [0, 0.1) is 0 Å². The molecule has 0 bridgehead atoms. The Bertz CT molecular complexity index is 817. The van der Waals surface area contributed by atoms with Crippen molar-refractivity contribution >= 4 is 34.6 Å². The molecule has 3 rings (SSSR count). The Morgan fingerprint density at radius 2 is 2.00 bits per heavy atom. The van der Waals surface area contributed by atoms with Gasteiger partial charge >= 0.3 is 5.51 Å². The lowest BCUT2D eigenvalue weighted by Gasteiger charge is -2.04. The van der Waals surface area contributed by atoms with Crippen molar-refractivity contribution in [2.45, 2.75) is 15.3 Å². The van der Waals surface area contributed by atoms with Crippen LogP contribution in [0.1, 0.15) is 0 Å². The van der Waals surface area contributed by atoms with Crippen molar-refractivity contribution in [1.29, 1.82) is 0 Å². The van der Waals surface area contributed by atoms with Crippen LogP contribution in [0.15, 0.2) is 50.7 Å². The quantitative estimate of drug-likeness (QED) is 0.610. The highest BCUT2D eigenvalue weighted by Crippen LogP contribution is 2.38. The van der Waals surface area contributed by atoms with E-state index in [1.807, 2.05) is 12.3 Å². The molecule has 2 heterocycles. The number of thioether (sulfide) groups is 2. The van der Waals surface area contributed by atoms with Gasteiger partial charge in [-0.2, -0.15) is 13.2 Å². The van der Waals surface area contributed by atoms with Crippen molar-refractivity contribution in [1.82, 2.24) is 9.97 Å². The first-order valence-electron chi connectivity index (χ1n) is 6.12. The smallest absolute Gasteiger partial charge is 0.435 e. The fourth-order valence-electron chi connectivity index (χ4n) is 1.92. The third kappa shape index (κ3) is 3.22. The zero-order valence-electron chi connectivity index (χ0n) is 11.2. The molecule has 0 aliphatic rings. The number of rotatable bonds is 3. The molecule has 114 valence electrons. The van der Waals surface area contributed by atoms with Gasteiger partial charge in [0.05, 0.1) is 0 Å². The van der Waals surface area contributed by atoms with Crippen LogP contribution in [0.3, 0.4) is 0 Å². The van der Waals surface area contributed by atoms with Gasteiger partial charge in [0, 0.05) is 16.0 Å². The third-order valence-corrected chi connectivity index (χ3v) is 4.28. The monoisotopic (exact) mass is 342 g/mol. The lowest BCUT2D eigenvalue weighted by Crippen LogP contribution is -1.98. The lowest BCUT2D eigenvalue weighted by molar-refractivity contribution is -0.0328. The Morgan fingerprint density at radius 1 is 1.18 bits per heavy atom. The van der Waals surface area contributed by atoms with Gasteiger partial charge in [0.25, 0.3) is 0 Å². The molecule has 0 saturated carbocycles. The highest BCUT2D eigenvalue weighted by molar-refractivity contribution is 8.00. The van der Waals surface area contributed by atoms with Gasteiger partial charge in [0.15, 0.2) is 5.58 Å². The molecule has 1 aromatic carbocycles. The standard InChI is InChI=1S/C14H9F3N2OS2/c1-21-11-3-2-6-18-12(11)13-19-9-7-8(22-14(15,16)17)4-5-10(9)20-13/h2-7H,1H3. The summed E-state index contributed by atoms with van der Waals surface area (Å²) in [6.07, 6.45) is 3.52. The van der Waals surface area contributed by atoms with Crippen LogP contribution in [0.25, 0.3) is 22.7 Å². The molecule has 0 saturated heterocycles. The maximum absolute atomic E-state index is 12.4. The number of alkyl halides is 3. The van der Waals surface area contributed by atoms with E-state index in [-0.39, 0.29) is 16.7 Å². The molecular formula is C14H9F3N2OS2. The molecule has 8 heteroatoms. The molecule has 0 radical (unpaired) electrons. The number of fused-ring (bicyclic) bond motifs is 1. The Balaban J connectivity index is 2.03. The van der Waals surface area contributed by atoms with Crippen LogP contribution in [0.2, 0.25) is 0 Å². The molecule has 0 spiro atoms. The Morgan fingerprint density at radius 3 is 2.73 bits per heavy atom. The van der Waals surface area contributed by atoms with E-state index in [0.29, 0.717) is 22.7 Å². The molecule has 3 nitrogen and oxygen atoms in total. The number of pyridine rings is 1. The second-order valence-electron chi connectivity index (χ2n) is 4.25. The normalized spacial score (nSPS) is 12.0. The highest BCUT2D eigenvalue weighted by atomic mass is 32.2. The Hall–Kier alpha value is -1.67. The summed E-state index contributed by atoms with van der Waals surface area (Å²) in [5, 5.41) is 0. The first-order chi connectivity index (χ1) is 10.5. The van der Waals surface area contributed by atoms with Crippen molar-refractivity contribution in [3.8, 4) is 11.6 Å². The van der Waals surface area contributed by atoms with E-state index in [0.717, 1.165) is 4.90 Å². The molecule has 0 unspecified atom stereocenters. The summed E-state index contributed by atoms with van der Waals surface area (Å²) in [7, 11) is 0. The number of hydrogen-bond acceptors (Lipinski definition) is 5. The molecule has 0 fully saturated rings. The molecule has 2 aromatic heterocycles. The number of oxazole rings is 1. The molecular weight excluding hydrogens is 333 g/mol. The van der Waals surface area contributed by atoms with E-state index < -0.39 is 5.51 Å². The average Bonchev–Trinajstić information content (AvgIpc) is 2.88. The number of halogens is 3. The van der Waals surface area contributed by atoms with Gasteiger partial charge in [-0.05, 0) is 48.3 Å². The SMILES string of the molecule is CSc1cccnc1-c1nc2cc(SC(F)(F)F)ccc2o1. The minimum absolute atomic E-state index is 0.0750. The molecule has 3 aromatic rings. The van der Waals surface area contributed by atoms with Gasteiger partial charge in [-0.15, -0.1) is 11.8 Å². The summed E-state index contributed by atoms with van der Waals surface area (Å²) in [5.41, 5.74) is -2.94. The van der Waals surface area contributed by atoms with Crippen LogP contribution in [-0.2, 0) is 0 Å². The fourth-order valence-corrected chi connectivity index (χ4v) is 3.04. The van der Waals surface area contributed by atoms with Crippen LogP contribution in [-0.4, -0.2) is 21.7 Å². The summed E-state index contributed by atoms with van der Waals surface area (Å²) in [6.45, 7) is 0. The van der Waals surface area contributed by atoms with Crippen molar-refractivity contribution < 1.29 is 17.6 Å². The zero-order chi connectivity index (χ0) is 15.7. The van der Waals surface area contributed by atoms with E-state index in [9.17, 15) is 13.2 Å². The van der Waals surface area contributed by atoms with Gasteiger partial charge in [0.1, 0.15) is 11.2 Å². The summed E-state index contributed by atoms with van der Waals surface area (Å²) < 4.78 is 42.9. The van der Waals surface area contributed by atoms with Crippen LogP contribution >= 0.6 is 23.5 Å². The maximum Gasteiger partial charge on any atom is 0.446 e. The van der Waals surface area contributed by atoms with Crippen molar-refractivity contribution in [3.05, 3.63) is 36.5 Å². The first kappa shape index (κ1) is 15.2. The predicted octanol–water partition coefficient (Wildman–Crippen LogP) is 5.22. The van der Waals surface area contributed by atoms with Crippen LogP contribution in [0.4, 0.5) is 13.2 Å². The molecule has 22 heavy (non-hydrogen) atoms. The molecule has 0 aliphatic heterocycles. The third-order valence-electron chi connectivity index (χ3n) is 2.79. The van der Waals surface area contributed by atoms with Crippen molar-refractivity contribution in [2.24, 2.45) is 0 Å². The van der Waals surface area contributed by atoms with E-state index >= 15 is 0 Å². The maximum atomic E-state index is 12.4. The van der Waals surface area contributed by atoms with E-state index in [1.54, 1.807) is 12.3 Å². The topological polar surface area (TPSA) is 38.9 Å².